The van der Waals surface area contributed by atoms with E-state index in [-0.39, 0.29) is 23.8 Å². The van der Waals surface area contributed by atoms with Gasteiger partial charge in [-0.05, 0) is 24.3 Å². The molecule has 1 unspecified atom stereocenters. The van der Waals surface area contributed by atoms with Crippen LogP contribution in [0.5, 0.6) is 0 Å². The van der Waals surface area contributed by atoms with Crippen LogP contribution in [-0.4, -0.2) is 35.6 Å². The Bertz CT molecular complexity index is 478. The van der Waals surface area contributed by atoms with Crippen LogP contribution in [0.15, 0.2) is 16.7 Å². The van der Waals surface area contributed by atoms with Crippen molar-refractivity contribution in [2.45, 2.75) is 40.0 Å². The fourth-order valence-electron chi connectivity index (χ4n) is 2.94. The summed E-state index contributed by atoms with van der Waals surface area (Å²) in [6, 6.07) is 1.87. The number of amides is 1. The smallest absolute Gasteiger partial charge is 0.289 e. The maximum atomic E-state index is 12.6. The first-order valence-electron chi connectivity index (χ1n) is 7.39. The number of aliphatic hydroxyl groups excluding tert-OH is 1. The Balaban J connectivity index is 2.18. The van der Waals surface area contributed by atoms with Crippen LogP contribution in [0.4, 0.5) is 0 Å². The molecule has 0 saturated carbocycles. The summed E-state index contributed by atoms with van der Waals surface area (Å²) in [7, 11) is 0. The summed E-state index contributed by atoms with van der Waals surface area (Å²) in [6.45, 7) is 9.75. The minimum Gasteiger partial charge on any atom is -0.459 e. The molecule has 1 aliphatic heterocycles. The van der Waals surface area contributed by atoms with Gasteiger partial charge in [0.2, 0.25) is 0 Å². The van der Waals surface area contributed by atoms with Crippen LogP contribution in [0.3, 0.4) is 0 Å². The quantitative estimate of drug-likeness (QED) is 0.922. The molecule has 2 heterocycles. The lowest BCUT2D eigenvalue weighted by molar-refractivity contribution is 0.0626. The van der Waals surface area contributed by atoms with Crippen molar-refractivity contribution in [3.63, 3.8) is 0 Å². The monoisotopic (exact) mass is 279 g/mol. The zero-order chi connectivity index (χ0) is 14.9. The Hall–Kier alpha value is -1.29. The molecule has 0 spiro atoms. The van der Waals surface area contributed by atoms with Crippen LogP contribution in [0.25, 0.3) is 0 Å². The van der Waals surface area contributed by atoms with Gasteiger partial charge in [0.05, 0.1) is 12.9 Å². The predicted octanol–water partition coefficient (Wildman–Crippen LogP) is 2.88. The Labute approximate surface area is 120 Å². The van der Waals surface area contributed by atoms with Gasteiger partial charge in [-0.25, -0.2) is 0 Å². The molecule has 0 bridgehead atoms. The van der Waals surface area contributed by atoms with Gasteiger partial charge in [0.15, 0.2) is 5.76 Å². The molecule has 0 aromatic carbocycles. The topological polar surface area (TPSA) is 53.7 Å². The maximum Gasteiger partial charge on any atom is 0.289 e. The molecular weight excluding hydrogens is 254 g/mol. The van der Waals surface area contributed by atoms with Gasteiger partial charge < -0.3 is 14.4 Å². The fraction of sp³-hybridized carbons (Fsp3) is 0.688. The van der Waals surface area contributed by atoms with Crippen molar-refractivity contribution >= 4 is 5.91 Å². The lowest BCUT2D eigenvalue weighted by Gasteiger charge is -2.31. The van der Waals surface area contributed by atoms with E-state index >= 15 is 0 Å². The number of carbonyl (C=O) groups is 1. The highest BCUT2D eigenvalue weighted by Gasteiger charge is 2.42. The molecule has 4 heteroatoms. The summed E-state index contributed by atoms with van der Waals surface area (Å²) in [5.41, 5.74) is 0.793. The van der Waals surface area contributed by atoms with E-state index in [1.807, 2.05) is 11.0 Å². The Morgan fingerprint density at radius 3 is 2.65 bits per heavy atom. The van der Waals surface area contributed by atoms with E-state index < -0.39 is 0 Å². The first-order valence-corrected chi connectivity index (χ1v) is 7.39. The van der Waals surface area contributed by atoms with E-state index in [4.69, 9.17) is 4.42 Å². The number of hydrogen-bond donors (Lipinski definition) is 1. The zero-order valence-corrected chi connectivity index (χ0v) is 12.8. The number of aliphatic hydroxyl groups is 1. The molecule has 1 fully saturated rings. The lowest BCUT2D eigenvalue weighted by Crippen LogP contribution is -2.37. The van der Waals surface area contributed by atoms with Crippen molar-refractivity contribution in [1.29, 1.82) is 0 Å². The molecule has 4 nitrogen and oxygen atoms in total. The van der Waals surface area contributed by atoms with Crippen molar-refractivity contribution in [3.8, 4) is 0 Å². The number of carbonyl (C=O) groups excluding carboxylic acids is 1. The van der Waals surface area contributed by atoms with Crippen LogP contribution in [-0.2, 0) is 0 Å². The Kier molecular flexibility index (Phi) is 4.23. The molecule has 20 heavy (non-hydrogen) atoms. The van der Waals surface area contributed by atoms with E-state index in [1.54, 1.807) is 6.26 Å². The molecule has 1 aromatic rings. The number of nitrogens with zero attached hydrogens (tertiary/aromatic N) is 1. The van der Waals surface area contributed by atoms with Gasteiger partial charge in [-0.3, -0.25) is 4.79 Å². The average molecular weight is 279 g/mol. The van der Waals surface area contributed by atoms with Gasteiger partial charge in [-0.1, -0.05) is 27.7 Å². The third-order valence-corrected chi connectivity index (χ3v) is 4.72. The van der Waals surface area contributed by atoms with Gasteiger partial charge in [0, 0.05) is 24.1 Å². The summed E-state index contributed by atoms with van der Waals surface area (Å²) in [5, 5.41) is 9.70. The minimum absolute atomic E-state index is 0.0466. The SMILES string of the molecule is CC(C)c1ccoc1C(=O)N1CCC(CO)(C(C)C)C1. The van der Waals surface area contributed by atoms with Crippen molar-refractivity contribution in [3.05, 3.63) is 23.7 Å². The Morgan fingerprint density at radius 1 is 1.45 bits per heavy atom. The standard InChI is InChI=1S/C16H25NO3/c1-11(2)13-5-8-20-14(13)15(19)17-7-6-16(9-17,10-18)12(3)4/h5,8,11-12,18H,6-7,9-10H2,1-4H3. The number of rotatable bonds is 4. The van der Waals surface area contributed by atoms with Crippen molar-refractivity contribution in [1.82, 2.24) is 4.90 Å². The molecule has 0 radical (unpaired) electrons. The molecule has 112 valence electrons. The number of likely N-dealkylation sites (tertiary alicyclic amines) is 1. The second kappa shape index (κ2) is 5.60. The minimum atomic E-state index is -0.166. The highest BCUT2D eigenvalue weighted by atomic mass is 16.3. The van der Waals surface area contributed by atoms with Crippen LogP contribution in [0, 0.1) is 11.3 Å². The van der Waals surface area contributed by atoms with E-state index in [0.717, 1.165) is 12.0 Å². The third-order valence-electron chi connectivity index (χ3n) is 4.72. The molecule has 0 aliphatic carbocycles. The number of furan rings is 1. The molecule has 1 atom stereocenters. The van der Waals surface area contributed by atoms with Crippen molar-refractivity contribution < 1.29 is 14.3 Å². The van der Waals surface area contributed by atoms with E-state index in [1.165, 1.54) is 0 Å². The predicted molar refractivity (Wildman–Crippen MR) is 77.7 cm³/mol. The molecule has 1 aliphatic rings. The second-order valence-corrected chi connectivity index (χ2v) is 6.51. The average Bonchev–Trinajstić information content (AvgIpc) is 3.05. The zero-order valence-electron chi connectivity index (χ0n) is 12.8. The second-order valence-electron chi connectivity index (χ2n) is 6.51. The van der Waals surface area contributed by atoms with Gasteiger partial charge in [0.25, 0.3) is 5.91 Å². The van der Waals surface area contributed by atoms with Crippen LogP contribution in [0.2, 0.25) is 0 Å². The number of hydrogen-bond acceptors (Lipinski definition) is 3. The molecule has 1 aromatic heterocycles. The molecular formula is C16H25NO3. The normalized spacial score (nSPS) is 23.1. The van der Waals surface area contributed by atoms with Gasteiger partial charge >= 0.3 is 0 Å². The summed E-state index contributed by atoms with van der Waals surface area (Å²) < 4.78 is 5.41. The molecule has 1 saturated heterocycles. The first kappa shape index (κ1) is 15.1. The summed E-state index contributed by atoms with van der Waals surface area (Å²) in [5.74, 6) is 1.03. The molecule has 2 rings (SSSR count). The molecule has 1 amide bonds. The first-order chi connectivity index (χ1) is 9.41. The van der Waals surface area contributed by atoms with Crippen LogP contribution in [0.1, 0.15) is 56.2 Å². The van der Waals surface area contributed by atoms with Crippen LogP contribution >= 0.6 is 0 Å². The third kappa shape index (κ3) is 2.49. The largest absolute Gasteiger partial charge is 0.459 e. The van der Waals surface area contributed by atoms with Gasteiger partial charge in [-0.15, -0.1) is 0 Å². The van der Waals surface area contributed by atoms with Crippen molar-refractivity contribution in [2.75, 3.05) is 19.7 Å². The van der Waals surface area contributed by atoms with Gasteiger partial charge in [0.1, 0.15) is 0 Å². The highest BCUT2D eigenvalue weighted by Crippen LogP contribution is 2.38. The lowest BCUT2D eigenvalue weighted by atomic mass is 9.77. The summed E-state index contributed by atoms with van der Waals surface area (Å²) in [6.07, 6.45) is 2.44. The molecule has 1 N–H and O–H groups in total. The van der Waals surface area contributed by atoms with Gasteiger partial charge in [-0.2, -0.15) is 0 Å². The summed E-state index contributed by atoms with van der Waals surface area (Å²) in [4.78, 5) is 14.4. The van der Waals surface area contributed by atoms with E-state index in [0.29, 0.717) is 24.8 Å². The highest BCUT2D eigenvalue weighted by molar-refractivity contribution is 5.93. The van der Waals surface area contributed by atoms with E-state index in [2.05, 4.69) is 27.7 Å². The maximum absolute atomic E-state index is 12.6. The van der Waals surface area contributed by atoms with Crippen LogP contribution < -0.4 is 0 Å². The summed E-state index contributed by atoms with van der Waals surface area (Å²) >= 11 is 0. The van der Waals surface area contributed by atoms with E-state index in [9.17, 15) is 9.90 Å². The fourth-order valence-corrected chi connectivity index (χ4v) is 2.94. The Morgan fingerprint density at radius 2 is 2.15 bits per heavy atom. The van der Waals surface area contributed by atoms with Crippen molar-refractivity contribution in [2.24, 2.45) is 11.3 Å².